The van der Waals surface area contributed by atoms with Crippen LogP contribution in [-0.2, 0) is 13.7 Å². The van der Waals surface area contributed by atoms with Gasteiger partial charge in [0, 0.05) is 18.2 Å². The molecule has 0 unspecified atom stereocenters. The van der Waals surface area contributed by atoms with Gasteiger partial charge in [0.15, 0.2) is 0 Å². The summed E-state index contributed by atoms with van der Waals surface area (Å²) in [6, 6.07) is 9.50. The lowest BCUT2D eigenvalue weighted by Gasteiger charge is -2.06. The van der Waals surface area contributed by atoms with E-state index in [0.29, 0.717) is 11.3 Å². The van der Waals surface area contributed by atoms with E-state index >= 15 is 0 Å². The minimum atomic E-state index is -0.270. The number of nitrogens with zero attached hydrogens (tertiary/aromatic N) is 2. The Balaban J connectivity index is 2.56. The second-order valence-electron chi connectivity index (χ2n) is 4.01. The van der Waals surface area contributed by atoms with Crippen LogP contribution in [0.1, 0.15) is 11.1 Å². The van der Waals surface area contributed by atoms with Crippen molar-refractivity contribution in [1.82, 2.24) is 9.78 Å². The van der Waals surface area contributed by atoms with E-state index in [1.165, 1.54) is 10.2 Å². The van der Waals surface area contributed by atoms with E-state index < -0.39 is 0 Å². The maximum atomic E-state index is 11.6. The molecule has 0 aliphatic heterocycles. The molecule has 0 radical (unpaired) electrons. The van der Waals surface area contributed by atoms with Gasteiger partial charge < -0.3 is 5.11 Å². The van der Waals surface area contributed by atoms with E-state index in [9.17, 15) is 4.79 Å². The molecule has 1 aromatic heterocycles. The molecule has 0 saturated heterocycles. The van der Waals surface area contributed by atoms with Crippen LogP contribution in [0, 0.1) is 6.92 Å². The minimum Gasteiger partial charge on any atom is -0.391 e. The molecule has 0 aliphatic carbocycles. The third-order valence-electron chi connectivity index (χ3n) is 2.65. The summed E-state index contributed by atoms with van der Waals surface area (Å²) >= 11 is 0. The molecule has 0 spiro atoms. The Morgan fingerprint density at radius 2 is 1.94 bits per heavy atom. The number of aromatic nitrogens is 2. The van der Waals surface area contributed by atoms with Crippen LogP contribution in [0.4, 0.5) is 0 Å². The smallest absolute Gasteiger partial charge is 0.272 e. The molecule has 0 saturated carbocycles. The lowest BCUT2D eigenvalue weighted by Crippen LogP contribution is -2.23. The molecule has 0 aliphatic rings. The lowest BCUT2D eigenvalue weighted by molar-refractivity contribution is 0.279. The summed E-state index contributed by atoms with van der Waals surface area (Å²) in [5.74, 6) is 0. The van der Waals surface area contributed by atoms with E-state index in [2.05, 4.69) is 5.10 Å². The first-order valence-electron chi connectivity index (χ1n) is 5.37. The number of hydrogen-bond acceptors (Lipinski definition) is 3. The van der Waals surface area contributed by atoms with Gasteiger partial charge in [0.25, 0.3) is 5.56 Å². The fourth-order valence-corrected chi connectivity index (χ4v) is 1.65. The van der Waals surface area contributed by atoms with Crippen molar-refractivity contribution >= 4 is 0 Å². The van der Waals surface area contributed by atoms with Crippen molar-refractivity contribution < 1.29 is 5.11 Å². The van der Waals surface area contributed by atoms with Crippen LogP contribution in [0.5, 0.6) is 0 Å². The van der Waals surface area contributed by atoms with Crippen LogP contribution >= 0.6 is 0 Å². The van der Waals surface area contributed by atoms with Crippen molar-refractivity contribution in [3.8, 4) is 11.3 Å². The van der Waals surface area contributed by atoms with E-state index in [1.54, 1.807) is 13.1 Å². The van der Waals surface area contributed by atoms with Gasteiger partial charge in [-0.1, -0.05) is 29.8 Å². The molecule has 1 N–H and O–H groups in total. The fraction of sp³-hybridized carbons (Fsp3) is 0.231. The lowest BCUT2D eigenvalue weighted by atomic mass is 10.1. The maximum Gasteiger partial charge on any atom is 0.272 e. The second kappa shape index (κ2) is 4.51. The molecule has 1 heterocycles. The van der Waals surface area contributed by atoms with Crippen LogP contribution in [0.2, 0.25) is 0 Å². The number of hydrogen-bond donors (Lipinski definition) is 1. The van der Waals surface area contributed by atoms with Crippen molar-refractivity contribution in [2.24, 2.45) is 7.05 Å². The SMILES string of the molecule is Cc1ccc(-c2cc(CO)c(=O)n(C)n2)cc1. The summed E-state index contributed by atoms with van der Waals surface area (Å²) in [7, 11) is 1.58. The normalized spacial score (nSPS) is 10.5. The molecule has 4 nitrogen and oxygen atoms in total. The molecule has 0 bridgehead atoms. The number of aryl methyl sites for hydroxylation is 2. The largest absolute Gasteiger partial charge is 0.391 e. The van der Waals surface area contributed by atoms with Gasteiger partial charge in [0.05, 0.1) is 12.3 Å². The average molecular weight is 230 g/mol. The number of rotatable bonds is 2. The van der Waals surface area contributed by atoms with E-state index in [-0.39, 0.29) is 12.2 Å². The molecule has 0 amide bonds. The van der Waals surface area contributed by atoms with E-state index in [1.807, 2.05) is 31.2 Å². The van der Waals surface area contributed by atoms with Crippen LogP contribution in [0.15, 0.2) is 35.1 Å². The Bertz CT molecular complexity index is 585. The molecule has 2 aromatic rings. The zero-order valence-corrected chi connectivity index (χ0v) is 9.84. The Hall–Kier alpha value is -1.94. The highest BCUT2D eigenvalue weighted by molar-refractivity contribution is 5.59. The van der Waals surface area contributed by atoms with Crippen molar-refractivity contribution in [3.63, 3.8) is 0 Å². The van der Waals surface area contributed by atoms with Crippen molar-refractivity contribution in [2.75, 3.05) is 0 Å². The van der Waals surface area contributed by atoms with Crippen molar-refractivity contribution in [3.05, 3.63) is 51.8 Å². The van der Waals surface area contributed by atoms with Gasteiger partial charge in [-0.05, 0) is 13.0 Å². The summed E-state index contributed by atoms with van der Waals surface area (Å²) in [4.78, 5) is 11.6. The average Bonchev–Trinajstić information content (AvgIpc) is 2.33. The van der Waals surface area contributed by atoms with Gasteiger partial charge in [0.2, 0.25) is 0 Å². The molecule has 88 valence electrons. The Kier molecular flexibility index (Phi) is 3.06. The third-order valence-corrected chi connectivity index (χ3v) is 2.65. The minimum absolute atomic E-state index is 0.261. The number of aliphatic hydroxyl groups excluding tert-OH is 1. The topological polar surface area (TPSA) is 55.1 Å². The van der Waals surface area contributed by atoms with Crippen LogP contribution in [0.25, 0.3) is 11.3 Å². The maximum absolute atomic E-state index is 11.6. The zero-order valence-electron chi connectivity index (χ0n) is 9.84. The molecule has 17 heavy (non-hydrogen) atoms. The monoisotopic (exact) mass is 230 g/mol. The van der Waals surface area contributed by atoms with Crippen molar-refractivity contribution in [2.45, 2.75) is 13.5 Å². The summed E-state index contributed by atoms with van der Waals surface area (Å²) in [5, 5.41) is 13.3. The van der Waals surface area contributed by atoms with E-state index in [4.69, 9.17) is 5.11 Å². The van der Waals surface area contributed by atoms with Gasteiger partial charge >= 0.3 is 0 Å². The molecular formula is C13H14N2O2. The summed E-state index contributed by atoms with van der Waals surface area (Å²) < 4.78 is 1.25. The standard InChI is InChI=1S/C13H14N2O2/c1-9-3-5-10(6-4-9)12-7-11(8-16)13(17)15(2)14-12/h3-7,16H,8H2,1-2H3. The number of benzene rings is 1. The Morgan fingerprint density at radius 1 is 1.29 bits per heavy atom. The van der Waals surface area contributed by atoms with Gasteiger partial charge in [-0.3, -0.25) is 4.79 Å². The third kappa shape index (κ3) is 2.26. The predicted molar refractivity (Wildman–Crippen MR) is 65.6 cm³/mol. The van der Waals surface area contributed by atoms with Gasteiger partial charge in [-0.15, -0.1) is 0 Å². The first-order valence-corrected chi connectivity index (χ1v) is 5.37. The van der Waals surface area contributed by atoms with Gasteiger partial charge in [0.1, 0.15) is 0 Å². The fourth-order valence-electron chi connectivity index (χ4n) is 1.65. The van der Waals surface area contributed by atoms with Crippen LogP contribution in [0.3, 0.4) is 0 Å². The van der Waals surface area contributed by atoms with E-state index in [0.717, 1.165) is 5.56 Å². The first kappa shape index (κ1) is 11.5. The van der Waals surface area contributed by atoms with Crippen molar-refractivity contribution in [1.29, 1.82) is 0 Å². The molecule has 1 aromatic carbocycles. The Morgan fingerprint density at radius 3 is 2.53 bits per heavy atom. The molecule has 4 heteroatoms. The second-order valence-corrected chi connectivity index (χ2v) is 4.01. The predicted octanol–water partition coefficient (Wildman–Crippen LogP) is 1.25. The molecular weight excluding hydrogens is 216 g/mol. The van der Waals surface area contributed by atoms with Crippen LogP contribution < -0.4 is 5.56 Å². The summed E-state index contributed by atoms with van der Waals surface area (Å²) in [5.41, 5.74) is 2.89. The zero-order chi connectivity index (χ0) is 12.4. The highest BCUT2D eigenvalue weighted by Crippen LogP contribution is 2.16. The highest BCUT2D eigenvalue weighted by Gasteiger charge is 2.06. The van der Waals surface area contributed by atoms with Gasteiger partial charge in [-0.2, -0.15) is 5.10 Å². The summed E-state index contributed by atoms with van der Waals surface area (Å²) in [6.45, 7) is 1.74. The number of aliphatic hydroxyl groups is 1. The Labute approximate surface area is 99.2 Å². The molecule has 2 rings (SSSR count). The highest BCUT2D eigenvalue weighted by atomic mass is 16.3. The first-order chi connectivity index (χ1) is 8.11. The molecule has 0 atom stereocenters. The van der Waals surface area contributed by atoms with Gasteiger partial charge in [-0.25, -0.2) is 4.68 Å². The quantitative estimate of drug-likeness (QED) is 0.844. The molecule has 0 fully saturated rings. The summed E-state index contributed by atoms with van der Waals surface area (Å²) in [6.07, 6.45) is 0. The van der Waals surface area contributed by atoms with Crippen LogP contribution in [-0.4, -0.2) is 14.9 Å².